The van der Waals surface area contributed by atoms with Crippen molar-refractivity contribution in [1.29, 1.82) is 0 Å². The highest BCUT2D eigenvalue weighted by Crippen LogP contribution is 2.32. The molecule has 0 spiro atoms. The molecule has 1 aromatic heterocycles. The molecule has 74 valence electrons. The van der Waals surface area contributed by atoms with E-state index in [1.807, 2.05) is 6.92 Å². The lowest BCUT2D eigenvalue weighted by atomic mass is 10.2. The number of hydrogen-bond donors (Lipinski definition) is 0. The predicted octanol–water partition coefficient (Wildman–Crippen LogP) is 4.21. The summed E-state index contributed by atoms with van der Waals surface area (Å²) >= 11 is 4.16. The smallest absolute Gasteiger partial charge is 0.122 e. The Labute approximate surface area is 101 Å². The third-order valence-electron chi connectivity index (χ3n) is 2.12. The van der Waals surface area contributed by atoms with Crippen molar-refractivity contribution >= 4 is 44.0 Å². The molecule has 0 saturated carbocycles. The summed E-state index contributed by atoms with van der Waals surface area (Å²) in [6, 6.07) is 4.35. The second-order valence-corrected chi connectivity index (χ2v) is 5.20. The summed E-state index contributed by atoms with van der Waals surface area (Å²) in [7, 11) is 0. The third-order valence-corrected chi connectivity index (χ3v) is 4.38. The van der Waals surface area contributed by atoms with Crippen LogP contribution >= 0.6 is 33.9 Å². The van der Waals surface area contributed by atoms with E-state index in [9.17, 15) is 0 Å². The molecule has 14 heavy (non-hydrogen) atoms. The molecule has 2 rings (SSSR count). The van der Waals surface area contributed by atoms with E-state index in [-0.39, 0.29) is 0 Å². The van der Waals surface area contributed by atoms with Gasteiger partial charge in [0.25, 0.3) is 0 Å². The van der Waals surface area contributed by atoms with Gasteiger partial charge in [0.2, 0.25) is 0 Å². The largest absolute Gasteiger partial charge is 0.494 e. The van der Waals surface area contributed by atoms with Gasteiger partial charge in [0.1, 0.15) is 5.75 Å². The van der Waals surface area contributed by atoms with Crippen molar-refractivity contribution in [3.8, 4) is 5.75 Å². The quantitative estimate of drug-likeness (QED) is 0.754. The zero-order valence-electron chi connectivity index (χ0n) is 8.13. The van der Waals surface area contributed by atoms with E-state index < -0.39 is 0 Å². The van der Waals surface area contributed by atoms with Crippen LogP contribution in [0.25, 0.3) is 10.1 Å². The molecule has 2 aromatic rings. The zero-order valence-corrected chi connectivity index (χ0v) is 11.1. The lowest BCUT2D eigenvalue weighted by molar-refractivity contribution is 0.338. The van der Waals surface area contributed by atoms with E-state index in [1.54, 1.807) is 11.3 Å². The van der Waals surface area contributed by atoms with Crippen LogP contribution in [0, 0.1) is 10.5 Å². The molecule has 0 bridgehead atoms. The number of rotatable bonds is 2. The molecular formula is C11H11IOS. The maximum absolute atomic E-state index is 5.57. The Morgan fingerprint density at radius 1 is 1.43 bits per heavy atom. The molecule has 1 heterocycles. The first-order valence-electron chi connectivity index (χ1n) is 4.52. The fourth-order valence-electron chi connectivity index (χ4n) is 1.44. The normalized spacial score (nSPS) is 10.8. The Balaban J connectivity index is 2.61. The summed E-state index contributed by atoms with van der Waals surface area (Å²) < 4.78 is 8.22. The van der Waals surface area contributed by atoms with E-state index in [4.69, 9.17) is 4.74 Å². The van der Waals surface area contributed by atoms with Gasteiger partial charge >= 0.3 is 0 Å². The number of thiophene rings is 1. The van der Waals surface area contributed by atoms with Gasteiger partial charge in [-0.1, -0.05) is 0 Å². The molecule has 0 fully saturated rings. The van der Waals surface area contributed by atoms with Crippen molar-refractivity contribution in [3.63, 3.8) is 0 Å². The number of halogens is 1. The van der Waals surface area contributed by atoms with Crippen LogP contribution in [0.2, 0.25) is 0 Å². The van der Waals surface area contributed by atoms with E-state index in [0.29, 0.717) is 0 Å². The van der Waals surface area contributed by atoms with Gasteiger partial charge in [0, 0.05) is 19.0 Å². The summed E-state index contributed by atoms with van der Waals surface area (Å²) in [5, 5.41) is 3.49. The summed E-state index contributed by atoms with van der Waals surface area (Å²) in [5.41, 5.74) is 1.22. The van der Waals surface area contributed by atoms with E-state index >= 15 is 0 Å². The fraction of sp³-hybridized carbons (Fsp3) is 0.273. The molecule has 0 amide bonds. The molecule has 0 radical (unpaired) electrons. The Kier molecular flexibility index (Phi) is 2.97. The minimum Gasteiger partial charge on any atom is -0.494 e. The SMILES string of the molecule is CCOc1cc2c(I)csc2cc1C. The first-order chi connectivity index (χ1) is 6.72. The van der Waals surface area contributed by atoms with Crippen molar-refractivity contribution in [2.45, 2.75) is 13.8 Å². The van der Waals surface area contributed by atoms with Crippen LogP contribution in [0.4, 0.5) is 0 Å². The van der Waals surface area contributed by atoms with Crippen LogP contribution in [-0.4, -0.2) is 6.61 Å². The Bertz CT molecular complexity index is 462. The van der Waals surface area contributed by atoms with Gasteiger partial charge < -0.3 is 4.74 Å². The highest BCUT2D eigenvalue weighted by atomic mass is 127. The third kappa shape index (κ3) is 1.75. The monoisotopic (exact) mass is 318 g/mol. The number of aryl methyl sites for hydroxylation is 1. The van der Waals surface area contributed by atoms with Gasteiger partial charge in [-0.3, -0.25) is 0 Å². The summed E-state index contributed by atoms with van der Waals surface area (Å²) in [4.78, 5) is 0. The summed E-state index contributed by atoms with van der Waals surface area (Å²) in [6.45, 7) is 4.84. The van der Waals surface area contributed by atoms with Gasteiger partial charge in [-0.15, -0.1) is 11.3 Å². The van der Waals surface area contributed by atoms with Crippen molar-refractivity contribution in [2.75, 3.05) is 6.61 Å². The maximum Gasteiger partial charge on any atom is 0.122 e. The molecule has 0 atom stereocenters. The van der Waals surface area contributed by atoms with Crippen molar-refractivity contribution in [1.82, 2.24) is 0 Å². The van der Waals surface area contributed by atoms with Crippen molar-refractivity contribution in [3.05, 3.63) is 26.6 Å². The average molecular weight is 318 g/mol. The summed E-state index contributed by atoms with van der Waals surface area (Å²) in [6.07, 6.45) is 0. The van der Waals surface area contributed by atoms with E-state index in [2.05, 4.69) is 47.0 Å². The van der Waals surface area contributed by atoms with Gasteiger partial charge in [0.15, 0.2) is 0 Å². The molecule has 1 nitrogen and oxygen atoms in total. The highest BCUT2D eigenvalue weighted by molar-refractivity contribution is 14.1. The minimum atomic E-state index is 0.729. The topological polar surface area (TPSA) is 9.23 Å². The molecule has 0 aliphatic carbocycles. The van der Waals surface area contributed by atoms with Crippen LogP contribution in [0.1, 0.15) is 12.5 Å². The lowest BCUT2D eigenvalue weighted by Crippen LogP contribution is -1.93. The molecule has 3 heteroatoms. The maximum atomic E-state index is 5.57. The van der Waals surface area contributed by atoms with Gasteiger partial charge in [-0.2, -0.15) is 0 Å². The lowest BCUT2D eigenvalue weighted by Gasteiger charge is -2.06. The number of benzene rings is 1. The number of fused-ring (bicyclic) bond motifs is 1. The Morgan fingerprint density at radius 3 is 2.93 bits per heavy atom. The van der Waals surface area contributed by atoms with Gasteiger partial charge in [-0.25, -0.2) is 0 Å². The predicted molar refractivity (Wildman–Crippen MR) is 70.4 cm³/mol. The van der Waals surface area contributed by atoms with E-state index in [1.165, 1.54) is 19.2 Å². The molecular weight excluding hydrogens is 307 g/mol. The minimum absolute atomic E-state index is 0.729. The Hall–Kier alpha value is -0.290. The van der Waals surface area contributed by atoms with Crippen LogP contribution in [0.3, 0.4) is 0 Å². The van der Waals surface area contributed by atoms with Crippen molar-refractivity contribution in [2.24, 2.45) is 0 Å². The second-order valence-electron chi connectivity index (χ2n) is 3.13. The molecule has 0 unspecified atom stereocenters. The van der Waals surface area contributed by atoms with E-state index in [0.717, 1.165) is 12.4 Å². The first kappa shape index (κ1) is 10.2. The van der Waals surface area contributed by atoms with Crippen LogP contribution < -0.4 is 4.74 Å². The summed E-state index contributed by atoms with van der Waals surface area (Å²) in [5.74, 6) is 1.01. The van der Waals surface area contributed by atoms with Crippen LogP contribution in [0.15, 0.2) is 17.5 Å². The number of hydrogen-bond acceptors (Lipinski definition) is 2. The average Bonchev–Trinajstić information content (AvgIpc) is 2.49. The standard InChI is InChI=1S/C11H11IOS/c1-3-13-10-5-8-9(12)6-14-11(8)4-7(10)2/h4-6H,3H2,1-2H3. The second kappa shape index (κ2) is 4.06. The van der Waals surface area contributed by atoms with Crippen LogP contribution in [0.5, 0.6) is 5.75 Å². The molecule has 0 saturated heterocycles. The number of ether oxygens (including phenoxy) is 1. The van der Waals surface area contributed by atoms with Gasteiger partial charge in [0.05, 0.1) is 6.61 Å². The molecule has 0 aliphatic heterocycles. The van der Waals surface area contributed by atoms with Crippen LogP contribution in [-0.2, 0) is 0 Å². The zero-order chi connectivity index (χ0) is 10.1. The van der Waals surface area contributed by atoms with Crippen molar-refractivity contribution < 1.29 is 4.74 Å². The fourth-order valence-corrected chi connectivity index (χ4v) is 3.34. The molecule has 1 aromatic carbocycles. The van der Waals surface area contributed by atoms with Gasteiger partial charge in [-0.05, 0) is 54.1 Å². The molecule has 0 aliphatic rings. The highest BCUT2D eigenvalue weighted by Gasteiger charge is 2.06. The Morgan fingerprint density at radius 2 is 2.21 bits per heavy atom. The molecule has 0 N–H and O–H groups in total. The first-order valence-corrected chi connectivity index (χ1v) is 6.48.